The zero-order valence-electron chi connectivity index (χ0n) is 14.4. The lowest BCUT2D eigenvalue weighted by molar-refractivity contribution is -0.384. The van der Waals surface area contributed by atoms with Crippen molar-refractivity contribution in [1.29, 1.82) is 0 Å². The number of carbonyl (C=O) groups is 1. The van der Waals surface area contributed by atoms with Gasteiger partial charge in [-0.3, -0.25) is 14.9 Å². The minimum atomic E-state index is -3.59. The number of rotatable bonds is 4. The molecule has 0 N–H and O–H groups in total. The molecule has 140 valence electrons. The van der Waals surface area contributed by atoms with Crippen LogP contribution in [0.15, 0.2) is 52.4 Å². The molecule has 0 radical (unpaired) electrons. The van der Waals surface area contributed by atoms with Gasteiger partial charge in [0.1, 0.15) is 0 Å². The van der Waals surface area contributed by atoms with Crippen molar-refractivity contribution in [2.24, 2.45) is 4.99 Å². The maximum atomic E-state index is 12.7. The van der Waals surface area contributed by atoms with Gasteiger partial charge in [-0.1, -0.05) is 23.5 Å². The first-order chi connectivity index (χ1) is 12.7. The van der Waals surface area contributed by atoms with Crippen LogP contribution in [-0.4, -0.2) is 30.1 Å². The maximum Gasteiger partial charge on any atom is 0.280 e. The standard InChI is InChI=1S/C17H15N3O5S2/c1-3-19-13-9-8-11(20(22)23)10-14(13)26-17(19)18-16(21)12-6-4-5-7-15(12)27(2,24)25/h4-10H,3H2,1-2H3. The zero-order chi connectivity index (χ0) is 19.8. The van der Waals surface area contributed by atoms with Crippen molar-refractivity contribution in [3.05, 3.63) is 62.9 Å². The van der Waals surface area contributed by atoms with Crippen molar-refractivity contribution < 1.29 is 18.1 Å². The number of amides is 1. The molecule has 1 amide bonds. The van der Waals surface area contributed by atoms with Gasteiger partial charge in [0.2, 0.25) is 0 Å². The highest BCUT2D eigenvalue weighted by Crippen LogP contribution is 2.23. The van der Waals surface area contributed by atoms with E-state index in [4.69, 9.17) is 0 Å². The molecule has 0 atom stereocenters. The molecule has 1 heterocycles. The smallest absolute Gasteiger partial charge is 0.280 e. The van der Waals surface area contributed by atoms with Crippen LogP contribution >= 0.6 is 11.3 Å². The van der Waals surface area contributed by atoms with Crippen LogP contribution in [0.25, 0.3) is 10.2 Å². The number of thiazole rings is 1. The number of nitro benzene ring substituents is 1. The molecule has 10 heteroatoms. The van der Waals surface area contributed by atoms with Gasteiger partial charge in [0.25, 0.3) is 11.6 Å². The highest BCUT2D eigenvalue weighted by molar-refractivity contribution is 7.90. The molecule has 0 aliphatic rings. The third-order valence-electron chi connectivity index (χ3n) is 3.91. The van der Waals surface area contributed by atoms with E-state index in [1.165, 1.54) is 30.3 Å². The van der Waals surface area contributed by atoms with Crippen LogP contribution in [0, 0.1) is 10.1 Å². The van der Waals surface area contributed by atoms with Gasteiger partial charge in [0.15, 0.2) is 14.6 Å². The summed E-state index contributed by atoms with van der Waals surface area (Å²) < 4.78 is 26.2. The van der Waals surface area contributed by atoms with Crippen LogP contribution in [0.1, 0.15) is 17.3 Å². The summed E-state index contributed by atoms with van der Waals surface area (Å²) in [5.41, 5.74) is 0.662. The molecule has 0 saturated heterocycles. The molecule has 3 aromatic rings. The Morgan fingerprint density at radius 2 is 1.96 bits per heavy atom. The Labute approximate surface area is 158 Å². The number of aryl methyl sites for hydroxylation is 1. The number of fused-ring (bicyclic) bond motifs is 1. The predicted octanol–water partition coefficient (Wildman–Crippen LogP) is 2.78. The number of hydrogen-bond acceptors (Lipinski definition) is 6. The summed E-state index contributed by atoms with van der Waals surface area (Å²) in [5.74, 6) is -0.681. The molecule has 0 saturated carbocycles. The maximum absolute atomic E-state index is 12.7. The predicted molar refractivity (Wildman–Crippen MR) is 102 cm³/mol. The average molecular weight is 405 g/mol. The van der Waals surface area contributed by atoms with E-state index in [2.05, 4.69) is 4.99 Å². The number of benzene rings is 2. The summed E-state index contributed by atoms with van der Waals surface area (Å²) in [6.07, 6.45) is 1.03. The van der Waals surface area contributed by atoms with Gasteiger partial charge in [0, 0.05) is 24.9 Å². The molecular weight excluding hydrogens is 390 g/mol. The summed E-state index contributed by atoms with van der Waals surface area (Å²) in [5, 5.41) is 11.0. The SMILES string of the molecule is CCn1c(=NC(=O)c2ccccc2S(C)(=O)=O)sc2cc([N+](=O)[O-])ccc21. The van der Waals surface area contributed by atoms with Gasteiger partial charge in [-0.2, -0.15) is 4.99 Å². The Morgan fingerprint density at radius 1 is 1.26 bits per heavy atom. The van der Waals surface area contributed by atoms with E-state index in [1.54, 1.807) is 16.7 Å². The van der Waals surface area contributed by atoms with Crippen LogP contribution in [-0.2, 0) is 16.4 Å². The Kier molecular flexibility index (Phi) is 4.94. The Bertz CT molecular complexity index is 1240. The summed E-state index contributed by atoms with van der Waals surface area (Å²) in [4.78, 5) is 27.5. The number of carbonyl (C=O) groups excluding carboxylic acids is 1. The molecule has 0 aliphatic heterocycles. The molecule has 0 aliphatic carbocycles. The van der Waals surface area contributed by atoms with Gasteiger partial charge in [-0.25, -0.2) is 8.42 Å². The summed E-state index contributed by atoms with van der Waals surface area (Å²) in [7, 11) is -3.59. The molecule has 0 unspecified atom stereocenters. The van der Waals surface area contributed by atoms with E-state index in [0.29, 0.717) is 16.0 Å². The van der Waals surface area contributed by atoms with Crippen molar-refractivity contribution in [3.8, 4) is 0 Å². The number of aromatic nitrogens is 1. The monoisotopic (exact) mass is 405 g/mol. The largest absolute Gasteiger partial charge is 0.317 e. The van der Waals surface area contributed by atoms with Gasteiger partial charge in [-0.05, 0) is 25.1 Å². The molecule has 2 aromatic carbocycles. The fourth-order valence-corrected chi connectivity index (χ4v) is 4.69. The number of nitro groups is 1. The highest BCUT2D eigenvalue weighted by atomic mass is 32.2. The minimum Gasteiger partial charge on any atom is -0.317 e. The van der Waals surface area contributed by atoms with Gasteiger partial charge in [0.05, 0.1) is 25.6 Å². The van der Waals surface area contributed by atoms with Gasteiger partial charge < -0.3 is 4.57 Å². The number of sulfone groups is 1. The second-order valence-electron chi connectivity index (χ2n) is 5.72. The number of nitrogens with zero attached hydrogens (tertiary/aromatic N) is 3. The molecule has 8 nitrogen and oxygen atoms in total. The van der Waals surface area contributed by atoms with Gasteiger partial charge >= 0.3 is 0 Å². The lowest BCUT2D eigenvalue weighted by atomic mass is 10.2. The number of non-ortho nitro benzene ring substituents is 1. The first-order valence-corrected chi connectivity index (χ1v) is 10.6. The van der Waals surface area contributed by atoms with Crippen molar-refractivity contribution in [1.82, 2.24) is 4.57 Å². The quantitative estimate of drug-likeness (QED) is 0.489. The first kappa shape index (κ1) is 18.9. The summed E-state index contributed by atoms with van der Waals surface area (Å²) >= 11 is 1.14. The third kappa shape index (κ3) is 3.67. The van der Waals surface area contributed by atoms with Crippen LogP contribution < -0.4 is 4.80 Å². The molecule has 0 fully saturated rings. The third-order valence-corrected chi connectivity index (χ3v) is 6.10. The Balaban J connectivity index is 2.19. The van der Waals surface area contributed by atoms with E-state index in [0.717, 1.165) is 23.1 Å². The molecule has 3 rings (SSSR count). The van der Waals surface area contributed by atoms with E-state index in [1.807, 2.05) is 6.92 Å². The van der Waals surface area contributed by atoms with E-state index < -0.39 is 20.7 Å². The lowest BCUT2D eigenvalue weighted by Crippen LogP contribution is -2.17. The average Bonchev–Trinajstić information content (AvgIpc) is 2.96. The first-order valence-electron chi connectivity index (χ1n) is 7.88. The van der Waals surface area contributed by atoms with Crippen LogP contribution in [0.3, 0.4) is 0 Å². The topological polar surface area (TPSA) is 112 Å². The fraction of sp³-hybridized carbons (Fsp3) is 0.176. The van der Waals surface area contributed by atoms with Crippen molar-refractivity contribution in [2.75, 3.05) is 6.26 Å². The Morgan fingerprint density at radius 3 is 2.59 bits per heavy atom. The van der Waals surface area contributed by atoms with Crippen molar-refractivity contribution in [3.63, 3.8) is 0 Å². The van der Waals surface area contributed by atoms with Gasteiger partial charge in [-0.15, -0.1) is 0 Å². The second kappa shape index (κ2) is 7.05. The zero-order valence-corrected chi connectivity index (χ0v) is 16.1. The number of hydrogen-bond donors (Lipinski definition) is 0. The fourth-order valence-electron chi connectivity index (χ4n) is 2.68. The molecular formula is C17H15N3O5S2. The second-order valence-corrected chi connectivity index (χ2v) is 8.72. The van der Waals surface area contributed by atoms with Crippen molar-refractivity contribution >= 4 is 43.0 Å². The lowest BCUT2D eigenvalue weighted by Gasteiger charge is -2.04. The molecule has 27 heavy (non-hydrogen) atoms. The van der Waals surface area contributed by atoms with E-state index in [9.17, 15) is 23.3 Å². The van der Waals surface area contributed by atoms with Crippen molar-refractivity contribution in [2.45, 2.75) is 18.4 Å². The van der Waals surface area contributed by atoms with E-state index >= 15 is 0 Å². The van der Waals surface area contributed by atoms with E-state index in [-0.39, 0.29) is 16.1 Å². The summed E-state index contributed by atoms with van der Waals surface area (Å²) in [6.45, 7) is 2.36. The molecule has 0 spiro atoms. The van der Waals surface area contributed by atoms with Crippen LogP contribution in [0.4, 0.5) is 5.69 Å². The normalized spacial score (nSPS) is 12.4. The van der Waals surface area contributed by atoms with Crippen LogP contribution in [0.2, 0.25) is 0 Å². The molecule has 1 aromatic heterocycles. The van der Waals surface area contributed by atoms with Crippen LogP contribution in [0.5, 0.6) is 0 Å². The molecule has 0 bridgehead atoms. The Hall–Kier alpha value is -2.85. The highest BCUT2D eigenvalue weighted by Gasteiger charge is 2.18. The summed E-state index contributed by atoms with van der Waals surface area (Å²) in [6, 6.07) is 10.3. The minimum absolute atomic E-state index is 0.00825.